The van der Waals surface area contributed by atoms with Crippen LogP contribution in [0.3, 0.4) is 0 Å². The summed E-state index contributed by atoms with van der Waals surface area (Å²) in [5.74, 6) is 1.37. The molecule has 2 aromatic carbocycles. The number of hydrogen-bond donors (Lipinski definition) is 1. The molecule has 1 atom stereocenters. The van der Waals surface area contributed by atoms with Crippen molar-refractivity contribution < 1.29 is 23.8 Å². The number of methoxy groups -OCH3 is 3. The number of nitrogens with one attached hydrogen (secondary N) is 1. The van der Waals surface area contributed by atoms with Crippen LogP contribution in [-0.4, -0.2) is 50.6 Å². The number of amides is 2. The largest absolute Gasteiger partial charge is 0.496 e. The van der Waals surface area contributed by atoms with E-state index in [4.69, 9.17) is 14.2 Å². The van der Waals surface area contributed by atoms with E-state index in [9.17, 15) is 9.59 Å². The van der Waals surface area contributed by atoms with Gasteiger partial charge in [-0.1, -0.05) is 15.9 Å². The zero-order valence-electron chi connectivity index (χ0n) is 17.2. The highest BCUT2D eigenvalue weighted by atomic mass is 79.9. The Hall–Kier alpha value is -2.74. The first-order valence-corrected chi connectivity index (χ1v) is 10.4. The highest BCUT2D eigenvalue weighted by Gasteiger charge is 2.34. The standard InChI is InChI=1S/C22H25BrN2O5/c1-28-16-11-19(29-2)17(20(12-16)30-3)13-24-21(26)18-5-4-10-25(18)22(27)14-6-8-15(23)9-7-14/h6-9,11-12,18H,4-5,10,13H2,1-3H3,(H,24,26). The Balaban J connectivity index is 1.73. The molecule has 1 saturated heterocycles. The smallest absolute Gasteiger partial charge is 0.254 e. The van der Waals surface area contributed by atoms with Crippen molar-refractivity contribution in [3.8, 4) is 17.2 Å². The summed E-state index contributed by atoms with van der Waals surface area (Å²) in [5.41, 5.74) is 1.27. The van der Waals surface area contributed by atoms with Gasteiger partial charge in [0, 0.05) is 28.7 Å². The fourth-order valence-corrected chi connectivity index (χ4v) is 3.85. The van der Waals surface area contributed by atoms with E-state index >= 15 is 0 Å². The molecule has 3 rings (SSSR count). The third-order valence-electron chi connectivity index (χ3n) is 5.16. The normalized spacial score (nSPS) is 15.6. The molecule has 1 unspecified atom stereocenters. The fourth-order valence-electron chi connectivity index (χ4n) is 3.59. The summed E-state index contributed by atoms with van der Waals surface area (Å²) < 4.78 is 17.0. The average Bonchev–Trinajstić information content (AvgIpc) is 3.26. The molecule has 2 amide bonds. The van der Waals surface area contributed by atoms with Crippen molar-refractivity contribution in [2.45, 2.75) is 25.4 Å². The van der Waals surface area contributed by atoms with Crippen molar-refractivity contribution in [3.63, 3.8) is 0 Å². The van der Waals surface area contributed by atoms with Crippen LogP contribution in [0, 0.1) is 0 Å². The molecule has 1 heterocycles. The second-order valence-electron chi connectivity index (χ2n) is 6.89. The first-order valence-electron chi connectivity index (χ1n) is 9.61. The molecule has 160 valence electrons. The van der Waals surface area contributed by atoms with Crippen LogP contribution in [0.2, 0.25) is 0 Å². The number of carbonyl (C=O) groups is 2. The van der Waals surface area contributed by atoms with Crippen LogP contribution in [-0.2, 0) is 11.3 Å². The van der Waals surface area contributed by atoms with Crippen molar-refractivity contribution in [1.29, 1.82) is 0 Å². The second-order valence-corrected chi connectivity index (χ2v) is 7.81. The summed E-state index contributed by atoms with van der Waals surface area (Å²) in [6, 6.07) is 10.1. The lowest BCUT2D eigenvalue weighted by molar-refractivity contribution is -0.125. The Bertz CT molecular complexity index is 891. The van der Waals surface area contributed by atoms with Gasteiger partial charge in [-0.2, -0.15) is 0 Å². The number of ether oxygens (including phenoxy) is 3. The maximum Gasteiger partial charge on any atom is 0.254 e. The third-order valence-corrected chi connectivity index (χ3v) is 5.69. The fraction of sp³-hybridized carbons (Fsp3) is 0.364. The number of hydrogen-bond acceptors (Lipinski definition) is 5. The van der Waals surface area contributed by atoms with Crippen LogP contribution >= 0.6 is 15.9 Å². The van der Waals surface area contributed by atoms with Gasteiger partial charge in [0.1, 0.15) is 23.3 Å². The molecule has 1 aliphatic heterocycles. The van der Waals surface area contributed by atoms with Gasteiger partial charge < -0.3 is 24.4 Å². The maximum atomic E-state index is 12.9. The summed E-state index contributed by atoms with van der Waals surface area (Å²) in [5, 5.41) is 2.93. The summed E-state index contributed by atoms with van der Waals surface area (Å²) in [7, 11) is 4.66. The lowest BCUT2D eigenvalue weighted by Crippen LogP contribution is -2.45. The van der Waals surface area contributed by atoms with Gasteiger partial charge in [-0.25, -0.2) is 0 Å². The molecular formula is C22H25BrN2O5. The number of likely N-dealkylation sites (tertiary alicyclic amines) is 1. The minimum absolute atomic E-state index is 0.139. The van der Waals surface area contributed by atoms with Gasteiger partial charge in [0.25, 0.3) is 5.91 Å². The molecule has 0 radical (unpaired) electrons. The van der Waals surface area contributed by atoms with E-state index in [-0.39, 0.29) is 18.4 Å². The zero-order valence-corrected chi connectivity index (χ0v) is 18.8. The van der Waals surface area contributed by atoms with Crippen molar-refractivity contribution in [1.82, 2.24) is 10.2 Å². The first kappa shape index (κ1) is 22.0. The minimum Gasteiger partial charge on any atom is -0.496 e. The predicted octanol–water partition coefficient (Wildman–Crippen LogP) is 3.40. The van der Waals surface area contributed by atoms with Crippen LogP contribution in [0.5, 0.6) is 17.2 Å². The molecule has 8 heteroatoms. The number of benzene rings is 2. The lowest BCUT2D eigenvalue weighted by Gasteiger charge is -2.24. The van der Waals surface area contributed by atoms with Crippen molar-refractivity contribution >= 4 is 27.7 Å². The monoisotopic (exact) mass is 476 g/mol. The van der Waals surface area contributed by atoms with E-state index in [0.29, 0.717) is 41.3 Å². The number of rotatable bonds is 7. The molecule has 30 heavy (non-hydrogen) atoms. The van der Waals surface area contributed by atoms with Gasteiger partial charge in [-0.15, -0.1) is 0 Å². The van der Waals surface area contributed by atoms with E-state index in [2.05, 4.69) is 21.2 Å². The van der Waals surface area contributed by atoms with Gasteiger partial charge in [0.2, 0.25) is 5.91 Å². The van der Waals surface area contributed by atoms with Crippen molar-refractivity contribution in [2.24, 2.45) is 0 Å². The average molecular weight is 477 g/mol. The van der Waals surface area contributed by atoms with Crippen LogP contribution in [0.25, 0.3) is 0 Å². The van der Waals surface area contributed by atoms with E-state index < -0.39 is 6.04 Å². The van der Waals surface area contributed by atoms with E-state index in [1.807, 2.05) is 12.1 Å². The second kappa shape index (κ2) is 9.84. The minimum atomic E-state index is -0.503. The van der Waals surface area contributed by atoms with Crippen molar-refractivity contribution in [3.05, 3.63) is 52.0 Å². The molecule has 2 aromatic rings. The summed E-state index contributed by atoms with van der Waals surface area (Å²) in [6.07, 6.45) is 1.42. The molecule has 1 N–H and O–H groups in total. The Morgan fingerprint density at radius 3 is 2.27 bits per heavy atom. The van der Waals surface area contributed by atoms with Gasteiger partial charge in [-0.3, -0.25) is 9.59 Å². The molecule has 7 nitrogen and oxygen atoms in total. The quantitative estimate of drug-likeness (QED) is 0.662. The van der Waals surface area contributed by atoms with Crippen LogP contribution < -0.4 is 19.5 Å². The predicted molar refractivity (Wildman–Crippen MR) is 116 cm³/mol. The molecule has 0 saturated carbocycles. The summed E-state index contributed by atoms with van der Waals surface area (Å²) >= 11 is 3.37. The molecule has 0 bridgehead atoms. The summed E-state index contributed by atoms with van der Waals surface area (Å²) in [6.45, 7) is 0.772. The SMILES string of the molecule is COc1cc(OC)c(CNC(=O)C2CCCN2C(=O)c2ccc(Br)cc2)c(OC)c1. The molecule has 1 aliphatic rings. The Morgan fingerprint density at radius 2 is 1.70 bits per heavy atom. The number of nitrogens with zero attached hydrogens (tertiary/aromatic N) is 1. The molecule has 0 aromatic heterocycles. The molecular weight excluding hydrogens is 452 g/mol. The van der Waals surface area contributed by atoms with E-state index in [1.54, 1.807) is 50.5 Å². The van der Waals surface area contributed by atoms with Gasteiger partial charge in [0.05, 0.1) is 33.4 Å². The molecule has 1 fully saturated rings. The summed E-state index contributed by atoms with van der Waals surface area (Å²) in [4.78, 5) is 27.5. The molecule has 0 spiro atoms. The van der Waals surface area contributed by atoms with Crippen LogP contribution in [0.4, 0.5) is 0 Å². The lowest BCUT2D eigenvalue weighted by atomic mass is 10.1. The van der Waals surface area contributed by atoms with Crippen LogP contribution in [0.1, 0.15) is 28.8 Å². The Morgan fingerprint density at radius 1 is 1.07 bits per heavy atom. The van der Waals surface area contributed by atoms with E-state index in [1.165, 1.54) is 0 Å². The van der Waals surface area contributed by atoms with Gasteiger partial charge in [-0.05, 0) is 37.1 Å². The highest BCUT2D eigenvalue weighted by Crippen LogP contribution is 2.34. The van der Waals surface area contributed by atoms with Crippen molar-refractivity contribution in [2.75, 3.05) is 27.9 Å². The topological polar surface area (TPSA) is 77.1 Å². The Labute approximate surface area is 184 Å². The highest BCUT2D eigenvalue weighted by molar-refractivity contribution is 9.10. The zero-order chi connectivity index (χ0) is 21.7. The van der Waals surface area contributed by atoms with Gasteiger partial charge in [0.15, 0.2) is 0 Å². The first-order chi connectivity index (χ1) is 14.5. The maximum absolute atomic E-state index is 12.9. The third kappa shape index (κ3) is 4.70. The molecule has 0 aliphatic carbocycles. The van der Waals surface area contributed by atoms with E-state index in [0.717, 1.165) is 10.9 Å². The van der Waals surface area contributed by atoms with Crippen LogP contribution in [0.15, 0.2) is 40.9 Å². The Kier molecular flexibility index (Phi) is 7.20. The number of halogens is 1. The number of carbonyl (C=O) groups excluding carboxylic acids is 2. The van der Waals surface area contributed by atoms with Gasteiger partial charge >= 0.3 is 0 Å².